The van der Waals surface area contributed by atoms with Crippen LogP contribution < -0.4 is 11.1 Å². The Bertz CT molecular complexity index is 601. The standard InChI is InChI=1S/C12H12BrClN4/c1-6-11(15)16-7(2)17-12(6)18-8-3-4-10(14)9(13)5-8/h3-5H,1-2H3,(H3,15,16,17,18). The lowest BCUT2D eigenvalue weighted by Gasteiger charge is -2.11. The van der Waals surface area contributed by atoms with Gasteiger partial charge in [-0.25, -0.2) is 9.97 Å². The summed E-state index contributed by atoms with van der Waals surface area (Å²) < 4.78 is 0.825. The molecule has 0 saturated heterocycles. The van der Waals surface area contributed by atoms with Crippen LogP contribution >= 0.6 is 27.5 Å². The maximum absolute atomic E-state index is 5.95. The molecule has 0 saturated carbocycles. The Balaban J connectivity index is 2.36. The van der Waals surface area contributed by atoms with Crippen molar-refractivity contribution < 1.29 is 0 Å². The summed E-state index contributed by atoms with van der Waals surface area (Å²) in [5.41, 5.74) is 7.51. The van der Waals surface area contributed by atoms with E-state index in [-0.39, 0.29) is 0 Å². The van der Waals surface area contributed by atoms with Crippen molar-refractivity contribution in [3.8, 4) is 0 Å². The van der Waals surface area contributed by atoms with Gasteiger partial charge in [-0.3, -0.25) is 0 Å². The molecule has 0 unspecified atom stereocenters. The zero-order valence-corrected chi connectivity index (χ0v) is 12.3. The summed E-state index contributed by atoms with van der Waals surface area (Å²) in [4.78, 5) is 8.43. The molecule has 0 aliphatic rings. The summed E-state index contributed by atoms with van der Waals surface area (Å²) in [6, 6.07) is 5.57. The number of nitrogens with one attached hydrogen (secondary N) is 1. The van der Waals surface area contributed by atoms with Crippen LogP contribution in [0.4, 0.5) is 17.3 Å². The zero-order chi connectivity index (χ0) is 13.3. The monoisotopic (exact) mass is 326 g/mol. The molecule has 0 bridgehead atoms. The fourth-order valence-corrected chi connectivity index (χ4v) is 1.98. The van der Waals surface area contributed by atoms with E-state index < -0.39 is 0 Å². The highest BCUT2D eigenvalue weighted by Gasteiger charge is 2.07. The molecule has 4 nitrogen and oxygen atoms in total. The Hall–Kier alpha value is -1.33. The first-order valence-electron chi connectivity index (χ1n) is 5.30. The first-order chi connectivity index (χ1) is 8.47. The van der Waals surface area contributed by atoms with Gasteiger partial charge in [0.15, 0.2) is 0 Å². The smallest absolute Gasteiger partial charge is 0.139 e. The maximum atomic E-state index is 5.95. The van der Waals surface area contributed by atoms with Gasteiger partial charge in [-0.05, 0) is 48.0 Å². The Morgan fingerprint density at radius 2 is 2.00 bits per heavy atom. The number of aryl methyl sites for hydroxylation is 1. The van der Waals surface area contributed by atoms with Crippen molar-refractivity contribution in [3.05, 3.63) is 39.1 Å². The van der Waals surface area contributed by atoms with Gasteiger partial charge >= 0.3 is 0 Å². The van der Waals surface area contributed by atoms with Crippen molar-refractivity contribution >= 4 is 44.9 Å². The number of benzene rings is 1. The van der Waals surface area contributed by atoms with Crippen LogP contribution in [0.25, 0.3) is 0 Å². The number of nitrogen functional groups attached to an aromatic ring is 1. The molecule has 0 radical (unpaired) electrons. The minimum atomic E-state index is 0.484. The molecule has 3 N–H and O–H groups in total. The van der Waals surface area contributed by atoms with Gasteiger partial charge in [0.1, 0.15) is 17.5 Å². The largest absolute Gasteiger partial charge is 0.383 e. The molecule has 2 aromatic rings. The van der Waals surface area contributed by atoms with Gasteiger partial charge in [0.25, 0.3) is 0 Å². The molecule has 0 amide bonds. The molecule has 18 heavy (non-hydrogen) atoms. The highest BCUT2D eigenvalue weighted by Crippen LogP contribution is 2.28. The number of rotatable bonds is 2. The number of nitrogens with two attached hydrogens (primary N) is 1. The van der Waals surface area contributed by atoms with Crippen molar-refractivity contribution in [2.45, 2.75) is 13.8 Å². The lowest BCUT2D eigenvalue weighted by molar-refractivity contribution is 1.04. The predicted octanol–water partition coefficient (Wildman–Crippen LogP) is 3.84. The second-order valence-electron chi connectivity index (χ2n) is 3.88. The Morgan fingerprint density at radius 1 is 1.28 bits per heavy atom. The molecule has 2 rings (SSSR count). The molecular weight excluding hydrogens is 316 g/mol. The van der Waals surface area contributed by atoms with E-state index in [4.69, 9.17) is 17.3 Å². The topological polar surface area (TPSA) is 63.8 Å². The number of nitrogens with zero attached hydrogens (tertiary/aromatic N) is 2. The number of halogens is 2. The molecule has 0 fully saturated rings. The predicted molar refractivity (Wildman–Crippen MR) is 78.4 cm³/mol. The summed E-state index contributed by atoms with van der Waals surface area (Å²) in [6.07, 6.45) is 0. The molecule has 6 heteroatoms. The van der Waals surface area contributed by atoms with Gasteiger partial charge in [-0.15, -0.1) is 0 Å². The summed E-state index contributed by atoms with van der Waals surface area (Å²) in [7, 11) is 0. The van der Waals surface area contributed by atoms with Gasteiger partial charge in [0, 0.05) is 15.7 Å². The van der Waals surface area contributed by atoms with Crippen LogP contribution in [-0.4, -0.2) is 9.97 Å². The first-order valence-corrected chi connectivity index (χ1v) is 6.47. The van der Waals surface area contributed by atoms with E-state index in [1.807, 2.05) is 19.1 Å². The maximum Gasteiger partial charge on any atom is 0.139 e. The minimum absolute atomic E-state index is 0.484. The molecule has 94 valence electrons. The average Bonchev–Trinajstić information content (AvgIpc) is 2.30. The van der Waals surface area contributed by atoms with E-state index in [9.17, 15) is 0 Å². The Labute approximate surface area is 119 Å². The van der Waals surface area contributed by atoms with Gasteiger partial charge in [-0.1, -0.05) is 11.6 Å². The van der Waals surface area contributed by atoms with Gasteiger partial charge in [0.05, 0.1) is 5.02 Å². The lowest BCUT2D eigenvalue weighted by Crippen LogP contribution is -2.04. The molecule has 0 aliphatic heterocycles. The molecular formula is C12H12BrClN4. The van der Waals surface area contributed by atoms with Crippen LogP contribution in [0.2, 0.25) is 5.02 Å². The zero-order valence-electron chi connectivity index (χ0n) is 9.96. The Morgan fingerprint density at radius 3 is 2.67 bits per heavy atom. The molecule has 0 aliphatic carbocycles. The fourth-order valence-electron chi connectivity index (χ4n) is 1.48. The highest BCUT2D eigenvalue weighted by atomic mass is 79.9. The van der Waals surface area contributed by atoms with Crippen LogP contribution in [0.5, 0.6) is 0 Å². The van der Waals surface area contributed by atoms with Gasteiger partial charge < -0.3 is 11.1 Å². The van der Waals surface area contributed by atoms with E-state index in [1.165, 1.54) is 0 Å². The van der Waals surface area contributed by atoms with Crippen LogP contribution in [-0.2, 0) is 0 Å². The minimum Gasteiger partial charge on any atom is -0.383 e. The van der Waals surface area contributed by atoms with E-state index in [0.29, 0.717) is 22.5 Å². The average molecular weight is 328 g/mol. The second kappa shape index (κ2) is 5.12. The molecule has 0 atom stereocenters. The van der Waals surface area contributed by atoms with Crippen molar-refractivity contribution in [2.75, 3.05) is 11.1 Å². The number of anilines is 3. The van der Waals surface area contributed by atoms with Crippen molar-refractivity contribution in [1.82, 2.24) is 9.97 Å². The number of hydrogen-bond donors (Lipinski definition) is 2. The third-order valence-corrected chi connectivity index (χ3v) is 3.69. The van der Waals surface area contributed by atoms with Crippen molar-refractivity contribution in [1.29, 1.82) is 0 Å². The van der Waals surface area contributed by atoms with E-state index in [0.717, 1.165) is 15.7 Å². The summed E-state index contributed by atoms with van der Waals surface area (Å²) in [5, 5.41) is 3.86. The van der Waals surface area contributed by atoms with E-state index >= 15 is 0 Å². The quantitative estimate of drug-likeness (QED) is 0.879. The number of hydrogen-bond acceptors (Lipinski definition) is 4. The Kier molecular flexibility index (Phi) is 3.73. The van der Waals surface area contributed by atoms with Crippen LogP contribution in [0.15, 0.2) is 22.7 Å². The van der Waals surface area contributed by atoms with Crippen LogP contribution in [0.3, 0.4) is 0 Å². The number of aromatic nitrogens is 2. The fraction of sp³-hybridized carbons (Fsp3) is 0.167. The first kappa shape index (κ1) is 13.1. The normalized spacial score (nSPS) is 10.4. The van der Waals surface area contributed by atoms with Crippen molar-refractivity contribution in [2.24, 2.45) is 0 Å². The van der Waals surface area contributed by atoms with E-state index in [1.54, 1.807) is 13.0 Å². The molecule has 1 aromatic heterocycles. The van der Waals surface area contributed by atoms with Crippen LogP contribution in [0.1, 0.15) is 11.4 Å². The SMILES string of the molecule is Cc1nc(N)c(C)c(Nc2ccc(Cl)c(Br)c2)n1. The van der Waals surface area contributed by atoms with Gasteiger partial charge in [0.2, 0.25) is 0 Å². The van der Waals surface area contributed by atoms with Crippen molar-refractivity contribution in [3.63, 3.8) is 0 Å². The third kappa shape index (κ3) is 2.73. The summed E-state index contributed by atoms with van der Waals surface area (Å²) in [5.74, 6) is 1.82. The van der Waals surface area contributed by atoms with Gasteiger partial charge in [-0.2, -0.15) is 0 Å². The third-order valence-electron chi connectivity index (χ3n) is 2.48. The molecule has 0 spiro atoms. The molecule has 1 aromatic carbocycles. The second-order valence-corrected chi connectivity index (χ2v) is 5.15. The summed E-state index contributed by atoms with van der Waals surface area (Å²) >= 11 is 9.32. The summed E-state index contributed by atoms with van der Waals surface area (Å²) in [6.45, 7) is 3.68. The lowest BCUT2D eigenvalue weighted by atomic mass is 10.2. The van der Waals surface area contributed by atoms with E-state index in [2.05, 4.69) is 31.2 Å². The van der Waals surface area contributed by atoms with Crippen LogP contribution in [0, 0.1) is 13.8 Å². The molecule has 1 heterocycles. The highest BCUT2D eigenvalue weighted by molar-refractivity contribution is 9.10.